The zero-order valence-electron chi connectivity index (χ0n) is 14.4. The summed E-state index contributed by atoms with van der Waals surface area (Å²) in [5.41, 5.74) is 0.128. The Kier molecular flexibility index (Phi) is 4.84. The van der Waals surface area contributed by atoms with E-state index in [2.05, 4.69) is 5.32 Å². The van der Waals surface area contributed by atoms with Crippen molar-refractivity contribution in [1.29, 1.82) is 0 Å². The summed E-state index contributed by atoms with van der Waals surface area (Å²) in [7, 11) is 0. The molecule has 0 saturated carbocycles. The lowest BCUT2D eigenvalue weighted by Gasteiger charge is -2.21. The van der Waals surface area contributed by atoms with Gasteiger partial charge in [0.05, 0.1) is 6.54 Å². The third-order valence-electron chi connectivity index (χ3n) is 4.55. The Hall–Kier alpha value is -3.02. The molecule has 0 radical (unpaired) electrons. The molecule has 0 aromatic heterocycles. The van der Waals surface area contributed by atoms with E-state index in [1.807, 2.05) is 30.3 Å². The van der Waals surface area contributed by atoms with Gasteiger partial charge in [-0.3, -0.25) is 14.5 Å². The average Bonchev–Trinajstić information content (AvgIpc) is 2.84. The highest BCUT2D eigenvalue weighted by atomic mass is 19.1. The van der Waals surface area contributed by atoms with E-state index in [1.54, 1.807) is 6.92 Å². The van der Waals surface area contributed by atoms with Crippen LogP contribution in [-0.4, -0.2) is 34.7 Å². The molecule has 2 aromatic carbocycles. The van der Waals surface area contributed by atoms with Crippen molar-refractivity contribution < 1.29 is 18.8 Å². The van der Waals surface area contributed by atoms with Crippen molar-refractivity contribution >= 4 is 17.7 Å². The minimum absolute atomic E-state index is 0.128. The Balaban J connectivity index is 1.69. The number of imide groups is 1. The molecule has 1 aliphatic rings. The number of ketones is 1. The van der Waals surface area contributed by atoms with E-state index in [0.717, 1.165) is 16.5 Å². The Morgan fingerprint density at radius 2 is 1.85 bits per heavy atom. The van der Waals surface area contributed by atoms with Gasteiger partial charge in [-0.2, -0.15) is 0 Å². The predicted molar refractivity (Wildman–Crippen MR) is 94.1 cm³/mol. The topological polar surface area (TPSA) is 66.5 Å². The fourth-order valence-corrected chi connectivity index (χ4v) is 3.00. The van der Waals surface area contributed by atoms with Crippen LogP contribution < -0.4 is 5.32 Å². The summed E-state index contributed by atoms with van der Waals surface area (Å²) in [6.45, 7) is 1.25. The summed E-state index contributed by atoms with van der Waals surface area (Å²) in [6.07, 6.45) is 1.04. The van der Waals surface area contributed by atoms with Gasteiger partial charge in [0.2, 0.25) is 0 Å². The van der Waals surface area contributed by atoms with Gasteiger partial charge in [-0.25, -0.2) is 9.18 Å². The molecule has 1 saturated heterocycles. The fourth-order valence-electron chi connectivity index (χ4n) is 3.00. The molecule has 6 heteroatoms. The molecule has 3 rings (SSSR count). The van der Waals surface area contributed by atoms with Crippen LogP contribution >= 0.6 is 0 Å². The highest BCUT2D eigenvalue weighted by Gasteiger charge is 2.47. The summed E-state index contributed by atoms with van der Waals surface area (Å²) in [5.74, 6) is -1.47. The minimum Gasteiger partial charge on any atom is -0.323 e. The van der Waals surface area contributed by atoms with Crippen molar-refractivity contribution in [3.63, 3.8) is 0 Å². The number of benzene rings is 2. The van der Waals surface area contributed by atoms with E-state index in [9.17, 15) is 18.8 Å². The lowest BCUT2D eigenvalue weighted by Crippen LogP contribution is -2.44. The van der Waals surface area contributed by atoms with Gasteiger partial charge in [-0.1, -0.05) is 42.5 Å². The normalized spacial score (nSPS) is 19.5. The molecule has 0 bridgehead atoms. The molecular formula is C20H19FN2O3. The number of carbonyl (C=O) groups excluding carboxylic acids is 3. The molecule has 2 aromatic rings. The molecular weight excluding hydrogens is 335 g/mol. The summed E-state index contributed by atoms with van der Waals surface area (Å²) < 4.78 is 13.3. The third-order valence-corrected chi connectivity index (χ3v) is 4.55. The molecule has 0 spiro atoms. The molecule has 0 unspecified atom stereocenters. The molecule has 1 fully saturated rings. The molecule has 5 nitrogen and oxygen atoms in total. The summed E-state index contributed by atoms with van der Waals surface area (Å²) in [4.78, 5) is 38.1. The molecule has 0 aliphatic carbocycles. The van der Waals surface area contributed by atoms with E-state index < -0.39 is 35.6 Å². The second-order valence-corrected chi connectivity index (χ2v) is 6.57. The summed E-state index contributed by atoms with van der Waals surface area (Å²) in [5, 5.41) is 2.68. The van der Waals surface area contributed by atoms with E-state index in [-0.39, 0.29) is 5.56 Å². The number of carbonyl (C=O) groups is 3. The zero-order chi connectivity index (χ0) is 18.7. The number of rotatable bonds is 6. The van der Waals surface area contributed by atoms with Crippen LogP contribution in [0, 0.1) is 5.82 Å². The lowest BCUT2D eigenvalue weighted by molar-refractivity contribution is -0.130. The van der Waals surface area contributed by atoms with Crippen LogP contribution in [0.2, 0.25) is 0 Å². The number of nitrogens with one attached hydrogen (secondary N) is 1. The molecule has 26 heavy (non-hydrogen) atoms. The van der Waals surface area contributed by atoms with Crippen LogP contribution in [0.15, 0.2) is 54.6 Å². The van der Waals surface area contributed by atoms with Gasteiger partial charge in [0.1, 0.15) is 11.4 Å². The van der Waals surface area contributed by atoms with E-state index in [1.165, 1.54) is 18.2 Å². The SMILES string of the molecule is C[C@]1(CCc2ccccc2)NC(=O)N(CC(=O)c2cccc(F)c2)C1=O. The largest absolute Gasteiger partial charge is 0.325 e. The Bertz CT molecular complexity index is 853. The van der Waals surface area contributed by atoms with Gasteiger partial charge in [-0.15, -0.1) is 0 Å². The number of Topliss-reactive ketones (excluding diaryl/α,β-unsaturated/α-hetero) is 1. The second-order valence-electron chi connectivity index (χ2n) is 6.57. The van der Waals surface area contributed by atoms with Crippen LogP contribution in [0.5, 0.6) is 0 Å². The van der Waals surface area contributed by atoms with Gasteiger partial charge in [0, 0.05) is 5.56 Å². The van der Waals surface area contributed by atoms with Crippen LogP contribution in [0.3, 0.4) is 0 Å². The maximum absolute atomic E-state index is 13.3. The van der Waals surface area contributed by atoms with Crippen LogP contribution in [0.25, 0.3) is 0 Å². The Labute approximate surface area is 150 Å². The maximum Gasteiger partial charge on any atom is 0.325 e. The highest BCUT2D eigenvalue weighted by molar-refractivity contribution is 6.11. The van der Waals surface area contributed by atoms with Crippen molar-refractivity contribution in [3.05, 3.63) is 71.5 Å². The van der Waals surface area contributed by atoms with Crippen molar-refractivity contribution in [1.82, 2.24) is 10.2 Å². The first-order valence-electron chi connectivity index (χ1n) is 8.36. The predicted octanol–water partition coefficient (Wildman–Crippen LogP) is 2.95. The maximum atomic E-state index is 13.3. The Morgan fingerprint density at radius 3 is 2.54 bits per heavy atom. The Morgan fingerprint density at radius 1 is 1.12 bits per heavy atom. The first kappa shape index (κ1) is 17.8. The monoisotopic (exact) mass is 354 g/mol. The number of aryl methyl sites for hydroxylation is 1. The van der Waals surface area contributed by atoms with Gasteiger partial charge in [-0.05, 0) is 37.5 Å². The molecule has 1 heterocycles. The number of amides is 3. The third kappa shape index (κ3) is 3.64. The molecule has 3 amide bonds. The first-order valence-corrected chi connectivity index (χ1v) is 8.36. The molecule has 1 atom stereocenters. The van der Waals surface area contributed by atoms with Crippen molar-refractivity contribution in [3.8, 4) is 0 Å². The van der Waals surface area contributed by atoms with Crippen LogP contribution in [0.4, 0.5) is 9.18 Å². The number of nitrogens with zero attached hydrogens (tertiary/aromatic N) is 1. The van der Waals surface area contributed by atoms with E-state index in [0.29, 0.717) is 12.8 Å². The van der Waals surface area contributed by atoms with Crippen molar-refractivity contribution in [2.45, 2.75) is 25.3 Å². The van der Waals surface area contributed by atoms with Crippen molar-refractivity contribution in [2.24, 2.45) is 0 Å². The minimum atomic E-state index is -1.06. The quantitative estimate of drug-likeness (QED) is 0.641. The number of urea groups is 1. The van der Waals surface area contributed by atoms with Gasteiger partial charge < -0.3 is 5.32 Å². The second kappa shape index (κ2) is 7.07. The standard InChI is InChI=1S/C20H19FN2O3/c1-20(11-10-14-6-3-2-4-7-14)18(25)23(19(26)22-20)13-17(24)15-8-5-9-16(21)12-15/h2-9,12H,10-11,13H2,1H3,(H,22,26)/t20-/m1/s1. The summed E-state index contributed by atoms with van der Waals surface area (Å²) >= 11 is 0. The van der Waals surface area contributed by atoms with Gasteiger partial charge in [0.25, 0.3) is 5.91 Å². The first-order chi connectivity index (χ1) is 12.4. The van der Waals surface area contributed by atoms with Crippen molar-refractivity contribution in [2.75, 3.05) is 6.54 Å². The van der Waals surface area contributed by atoms with E-state index in [4.69, 9.17) is 0 Å². The van der Waals surface area contributed by atoms with Gasteiger partial charge in [0.15, 0.2) is 5.78 Å². The highest BCUT2D eigenvalue weighted by Crippen LogP contribution is 2.23. The molecule has 1 N–H and O–H groups in total. The molecule has 134 valence electrons. The molecule has 1 aliphatic heterocycles. The number of halogens is 1. The van der Waals surface area contributed by atoms with E-state index >= 15 is 0 Å². The number of hydrogen-bond acceptors (Lipinski definition) is 3. The summed E-state index contributed by atoms with van der Waals surface area (Å²) in [6, 6.07) is 14.2. The fraction of sp³-hybridized carbons (Fsp3) is 0.250. The van der Waals surface area contributed by atoms with Crippen LogP contribution in [0.1, 0.15) is 29.3 Å². The number of hydrogen-bond donors (Lipinski definition) is 1. The zero-order valence-corrected chi connectivity index (χ0v) is 14.4. The average molecular weight is 354 g/mol. The van der Waals surface area contributed by atoms with Crippen LogP contribution in [-0.2, 0) is 11.2 Å². The van der Waals surface area contributed by atoms with Gasteiger partial charge >= 0.3 is 6.03 Å². The lowest BCUT2D eigenvalue weighted by atomic mass is 9.93. The smallest absolute Gasteiger partial charge is 0.323 e.